The van der Waals surface area contributed by atoms with E-state index >= 15 is 0 Å². The van der Waals surface area contributed by atoms with Crippen LogP contribution in [0, 0.1) is 6.92 Å². The van der Waals surface area contributed by atoms with E-state index in [0.717, 1.165) is 18.5 Å². The smallest absolute Gasteiger partial charge is 0.223 e. The maximum Gasteiger partial charge on any atom is 0.223 e. The molecule has 1 heterocycles. The van der Waals surface area contributed by atoms with Crippen LogP contribution in [0.15, 0.2) is 30.3 Å². The molecule has 1 aliphatic rings. The second-order valence-corrected chi connectivity index (χ2v) is 5.54. The molecule has 0 unspecified atom stereocenters. The molecule has 102 valence electrons. The number of aryl methyl sites for hydroxylation is 1. The molecule has 4 nitrogen and oxygen atoms in total. The fraction of sp³-hybridized carbons (Fsp3) is 0.267. The van der Waals surface area contributed by atoms with Crippen LogP contribution in [0.5, 0.6) is 0 Å². The molecule has 5 heteroatoms. The lowest BCUT2D eigenvalue weighted by molar-refractivity contribution is 0.760. The molecular formula is C15H16N4S. The minimum atomic E-state index is 0.299. The van der Waals surface area contributed by atoms with Crippen LogP contribution in [0.4, 0.5) is 5.95 Å². The Morgan fingerprint density at radius 3 is 2.50 bits per heavy atom. The van der Waals surface area contributed by atoms with Crippen molar-refractivity contribution in [2.75, 3.05) is 5.32 Å². The van der Waals surface area contributed by atoms with Crippen LogP contribution in [-0.2, 0) is 12.8 Å². The predicted molar refractivity (Wildman–Crippen MR) is 83.9 cm³/mol. The van der Waals surface area contributed by atoms with Crippen LogP contribution in [-0.4, -0.2) is 21.0 Å². The molecule has 0 atom stereocenters. The van der Waals surface area contributed by atoms with Gasteiger partial charge in [0, 0.05) is 11.7 Å². The summed E-state index contributed by atoms with van der Waals surface area (Å²) in [6.07, 6.45) is 1.99. The standard InChI is InChI=1S/C15H16N4S/c1-9-6-13(14(16)20)19-15(17-9)18-12-7-10-4-2-3-5-11(10)8-12/h2-6,12H,7-8H2,1H3,(H2,16,20)(H,17,18,19). The van der Waals surface area contributed by atoms with E-state index in [9.17, 15) is 0 Å². The molecule has 0 amide bonds. The highest BCUT2D eigenvalue weighted by Gasteiger charge is 2.21. The Labute approximate surface area is 123 Å². The largest absolute Gasteiger partial charge is 0.388 e. The van der Waals surface area contributed by atoms with Gasteiger partial charge in [0.05, 0.1) is 0 Å². The minimum Gasteiger partial charge on any atom is -0.388 e. The number of benzene rings is 1. The summed E-state index contributed by atoms with van der Waals surface area (Å²) in [5.41, 5.74) is 9.91. The first-order valence-electron chi connectivity index (χ1n) is 6.60. The molecule has 20 heavy (non-hydrogen) atoms. The normalized spacial score (nSPS) is 14.1. The monoisotopic (exact) mass is 284 g/mol. The van der Waals surface area contributed by atoms with Gasteiger partial charge in [-0.1, -0.05) is 36.5 Å². The number of hydrogen-bond acceptors (Lipinski definition) is 4. The number of aromatic nitrogens is 2. The minimum absolute atomic E-state index is 0.299. The van der Waals surface area contributed by atoms with Crippen molar-refractivity contribution < 1.29 is 0 Å². The number of thiocarbonyl (C=S) groups is 1. The Hall–Kier alpha value is -2.01. The summed E-state index contributed by atoms with van der Waals surface area (Å²) in [5, 5.41) is 3.39. The summed E-state index contributed by atoms with van der Waals surface area (Å²) in [6, 6.07) is 10.6. The van der Waals surface area contributed by atoms with Crippen molar-refractivity contribution in [1.82, 2.24) is 9.97 Å². The van der Waals surface area contributed by atoms with Gasteiger partial charge in [0.2, 0.25) is 5.95 Å². The molecule has 0 saturated carbocycles. The van der Waals surface area contributed by atoms with E-state index in [1.807, 2.05) is 6.92 Å². The highest BCUT2D eigenvalue weighted by Crippen LogP contribution is 2.23. The predicted octanol–water partition coefficient (Wildman–Crippen LogP) is 2.00. The van der Waals surface area contributed by atoms with Crippen LogP contribution >= 0.6 is 12.2 Å². The molecule has 1 aromatic heterocycles. The van der Waals surface area contributed by atoms with Gasteiger partial charge >= 0.3 is 0 Å². The molecule has 1 aliphatic carbocycles. The Balaban J connectivity index is 1.78. The van der Waals surface area contributed by atoms with Crippen molar-refractivity contribution in [2.45, 2.75) is 25.8 Å². The molecule has 2 aromatic rings. The first kappa shape index (κ1) is 13.0. The van der Waals surface area contributed by atoms with E-state index in [1.165, 1.54) is 11.1 Å². The highest BCUT2D eigenvalue weighted by atomic mass is 32.1. The van der Waals surface area contributed by atoms with E-state index in [4.69, 9.17) is 18.0 Å². The topological polar surface area (TPSA) is 63.8 Å². The number of nitrogens with zero attached hydrogens (tertiary/aromatic N) is 2. The van der Waals surface area contributed by atoms with Crippen molar-refractivity contribution in [3.8, 4) is 0 Å². The van der Waals surface area contributed by atoms with E-state index in [0.29, 0.717) is 22.7 Å². The van der Waals surface area contributed by atoms with Crippen molar-refractivity contribution in [3.63, 3.8) is 0 Å². The third-order valence-electron chi connectivity index (χ3n) is 3.49. The van der Waals surface area contributed by atoms with Gasteiger partial charge in [0.25, 0.3) is 0 Å². The van der Waals surface area contributed by atoms with E-state index in [1.54, 1.807) is 6.07 Å². The molecule has 3 rings (SSSR count). The quantitative estimate of drug-likeness (QED) is 0.844. The number of hydrogen-bond donors (Lipinski definition) is 2. The fourth-order valence-electron chi connectivity index (χ4n) is 2.60. The van der Waals surface area contributed by atoms with Gasteiger partial charge in [-0.05, 0) is 37.0 Å². The third kappa shape index (κ3) is 2.63. The van der Waals surface area contributed by atoms with Crippen LogP contribution < -0.4 is 11.1 Å². The first-order chi connectivity index (χ1) is 9.61. The lowest BCUT2D eigenvalue weighted by atomic mass is 10.1. The van der Waals surface area contributed by atoms with Crippen LogP contribution in [0.1, 0.15) is 22.5 Å². The van der Waals surface area contributed by atoms with Gasteiger partial charge in [-0.15, -0.1) is 0 Å². The van der Waals surface area contributed by atoms with Gasteiger partial charge in [-0.2, -0.15) is 0 Å². The summed E-state index contributed by atoms with van der Waals surface area (Å²) in [5.74, 6) is 0.602. The summed E-state index contributed by atoms with van der Waals surface area (Å²) in [6.45, 7) is 1.91. The molecule has 0 saturated heterocycles. The number of fused-ring (bicyclic) bond motifs is 1. The van der Waals surface area contributed by atoms with Crippen molar-refractivity contribution in [1.29, 1.82) is 0 Å². The number of anilines is 1. The van der Waals surface area contributed by atoms with Gasteiger partial charge in [-0.3, -0.25) is 0 Å². The lowest BCUT2D eigenvalue weighted by Crippen LogP contribution is -2.22. The molecule has 0 aliphatic heterocycles. The van der Waals surface area contributed by atoms with Crippen molar-refractivity contribution in [2.24, 2.45) is 5.73 Å². The summed E-state index contributed by atoms with van der Waals surface area (Å²) in [4.78, 5) is 9.08. The Bertz CT molecular complexity index is 644. The van der Waals surface area contributed by atoms with Gasteiger partial charge < -0.3 is 11.1 Å². The average Bonchev–Trinajstić information content (AvgIpc) is 2.79. The first-order valence-corrected chi connectivity index (χ1v) is 7.01. The molecule has 0 bridgehead atoms. The SMILES string of the molecule is Cc1cc(C(N)=S)nc(NC2Cc3ccccc3C2)n1. The molecular weight excluding hydrogens is 268 g/mol. The zero-order valence-electron chi connectivity index (χ0n) is 11.3. The Kier molecular flexibility index (Phi) is 3.36. The Morgan fingerprint density at radius 2 is 1.90 bits per heavy atom. The van der Waals surface area contributed by atoms with Crippen molar-refractivity contribution >= 4 is 23.2 Å². The Morgan fingerprint density at radius 1 is 1.25 bits per heavy atom. The number of rotatable bonds is 3. The molecule has 1 aromatic carbocycles. The molecule has 0 spiro atoms. The number of nitrogens with two attached hydrogens (primary N) is 1. The molecule has 0 fully saturated rings. The van der Waals surface area contributed by atoms with Crippen LogP contribution in [0.2, 0.25) is 0 Å². The fourth-order valence-corrected chi connectivity index (χ4v) is 2.71. The summed E-state index contributed by atoms with van der Waals surface area (Å²) < 4.78 is 0. The van der Waals surface area contributed by atoms with Crippen molar-refractivity contribution in [3.05, 3.63) is 52.8 Å². The van der Waals surface area contributed by atoms with E-state index in [-0.39, 0.29) is 0 Å². The second kappa shape index (κ2) is 5.17. The summed E-state index contributed by atoms with van der Waals surface area (Å²) in [7, 11) is 0. The maximum absolute atomic E-state index is 5.64. The zero-order valence-corrected chi connectivity index (χ0v) is 12.1. The van der Waals surface area contributed by atoms with Gasteiger partial charge in [0.1, 0.15) is 10.7 Å². The highest BCUT2D eigenvalue weighted by molar-refractivity contribution is 7.80. The van der Waals surface area contributed by atoms with Crippen LogP contribution in [0.25, 0.3) is 0 Å². The summed E-state index contributed by atoms with van der Waals surface area (Å²) >= 11 is 4.98. The third-order valence-corrected chi connectivity index (χ3v) is 3.70. The van der Waals surface area contributed by atoms with Gasteiger partial charge in [-0.25, -0.2) is 9.97 Å². The number of nitrogens with one attached hydrogen (secondary N) is 1. The average molecular weight is 284 g/mol. The second-order valence-electron chi connectivity index (χ2n) is 5.10. The maximum atomic E-state index is 5.64. The lowest BCUT2D eigenvalue weighted by Gasteiger charge is -2.13. The zero-order chi connectivity index (χ0) is 14.1. The van der Waals surface area contributed by atoms with Crippen LogP contribution in [0.3, 0.4) is 0 Å². The van der Waals surface area contributed by atoms with Gasteiger partial charge in [0.15, 0.2) is 0 Å². The van der Waals surface area contributed by atoms with E-state index < -0.39 is 0 Å². The molecule has 3 N–H and O–H groups in total. The molecule has 0 radical (unpaired) electrons. The van der Waals surface area contributed by atoms with E-state index in [2.05, 4.69) is 39.6 Å².